The number of unbranched alkanes of at least 4 members (excludes halogenated alkanes) is 6. The Morgan fingerprint density at radius 3 is 2.26 bits per heavy atom. The summed E-state index contributed by atoms with van der Waals surface area (Å²) >= 11 is 0. The Kier molecular flexibility index (Phi) is 6.60. The van der Waals surface area contributed by atoms with Crippen LogP contribution in [0, 0.1) is 0 Å². The molecule has 1 heterocycles. The van der Waals surface area contributed by atoms with E-state index >= 15 is 0 Å². The number of rotatable bonds is 9. The lowest BCUT2D eigenvalue weighted by Crippen LogP contribution is -2.26. The first-order chi connectivity index (χ1) is 9.07. The summed E-state index contributed by atoms with van der Waals surface area (Å²) in [5.74, 6) is -0.760. The van der Waals surface area contributed by atoms with Crippen LogP contribution in [-0.2, 0) is 9.59 Å². The maximum Gasteiger partial charge on any atom is 0.258 e. The normalized spacial score (nSPS) is 18.8. The fraction of sp³-hybridized carbons (Fsp3) is 0.733. The van der Waals surface area contributed by atoms with Crippen molar-refractivity contribution in [2.75, 3.05) is 0 Å². The molecule has 0 saturated carbocycles. The molecule has 4 nitrogen and oxygen atoms in total. The van der Waals surface area contributed by atoms with E-state index in [0.29, 0.717) is 6.42 Å². The van der Waals surface area contributed by atoms with Crippen LogP contribution in [0.4, 0.5) is 0 Å². The molecule has 0 spiro atoms. The molecule has 1 aliphatic heterocycles. The predicted octanol–water partition coefficient (Wildman–Crippen LogP) is 3.03. The Labute approximate surface area is 115 Å². The minimum Gasteiger partial charge on any atom is -0.509 e. The zero-order chi connectivity index (χ0) is 14.3. The number of carbonyl (C=O) groups is 2. The number of carbonyl (C=O) groups excluding carboxylic acids is 2. The maximum atomic E-state index is 11.9. The number of ketones is 1. The van der Waals surface area contributed by atoms with Crippen molar-refractivity contribution < 1.29 is 14.7 Å². The molecule has 1 unspecified atom stereocenters. The fourth-order valence-electron chi connectivity index (χ4n) is 2.31. The minimum absolute atomic E-state index is 0.0292. The van der Waals surface area contributed by atoms with Crippen molar-refractivity contribution in [1.29, 1.82) is 0 Å². The highest BCUT2D eigenvalue weighted by Gasteiger charge is 2.32. The van der Waals surface area contributed by atoms with Crippen molar-refractivity contribution >= 4 is 11.7 Å². The molecule has 4 heteroatoms. The SMILES string of the molecule is CCCCCCCCCC(=O)C1=C(O)C(C)NC1=O. The second-order valence-electron chi connectivity index (χ2n) is 5.25. The third-order valence-corrected chi connectivity index (χ3v) is 3.53. The molecule has 1 atom stereocenters. The molecule has 0 aromatic rings. The van der Waals surface area contributed by atoms with Gasteiger partial charge in [0.15, 0.2) is 5.78 Å². The summed E-state index contributed by atoms with van der Waals surface area (Å²) in [4.78, 5) is 23.4. The van der Waals surface area contributed by atoms with Crippen molar-refractivity contribution in [2.45, 2.75) is 71.3 Å². The van der Waals surface area contributed by atoms with Crippen molar-refractivity contribution in [3.63, 3.8) is 0 Å². The molecule has 19 heavy (non-hydrogen) atoms. The standard InChI is InChI=1S/C15H25NO3/c1-3-4-5-6-7-8-9-10-12(17)13-14(18)11(2)16-15(13)19/h11,18H,3-10H2,1-2H3,(H,16,19). The quantitative estimate of drug-likeness (QED) is 0.498. The fourth-order valence-corrected chi connectivity index (χ4v) is 2.31. The molecule has 1 aliphatic rings. The Bertz CT molecular complexity index is 360. The third kappa shape index (κ3) is 4.69. The zero-order valence-corrected chi connectivity index (χ0v) is 12.0. The van der Waals surface area contributed by atoms with Crippen LogP contribution in [0.2, 0.25) is 0 Å². The van der Waals surface area contributed by atoms with Gasteiger partial charge in [-0.3, -0.25) is 9.59 Å². The molecule has 1 rings (SSSR count). The van der Waals surface area contributed by atoms with Crippen LogP contribution in [-0.4, -0.2) is 22.8 Å². The van der Waals surface area contributed by atoms with Crippen LogP contribution in [0.25, 0.3) is 0 Å². The summed E-state index contributed by atoms with van der Waals surface area (Å²) in [6.07, 6.45) is 8.29. The van der Waals surface area contributed by atoms with Crippen molar-refractivity contribution in [2.24, 2.45) is 0 Å². The molecule has 1 amide bonds. The summed E-state index contributed by atoms with van der Waals surface area (Å²) < 4.78 is 0. The Morgan fingerprint density at radius 1 is 1.16 bits per heavy atom. The number of amides is 1. The second-order valence-corrected chi connectivity index (χ2v) is 5.25. The highest BCUT2D eigenvalue weighted by Crippen LogP contribution is 2.18. The first-order valence-electron chi connectivity index (χ1n) is 7.35. The highest BCUT2D eigenvalue weighted by atomic mass is 16.3. The summed E-state index contributed by atoms with van der Waals surface area (Å²) in [7, 11) is 0. The number of Topliss-reactive ketones (excluding diaryl/α,β-unsaturated/α-hetero) is 1. The zero-order valence-electron chi connectivity index (χ0n) is 12.0. The molecule has 0 saturated heterocycles. The minimum atomic E-state index is -0.432. The van der Waals surface area contributed by atoms with Crippen LogP contribution in [0.1, 0.15) is 65.2 Å². The van der Waals surface area contributed by atoms with Crippen LogP contribution >= 0.6 is 0 Å². The van der Waals surface area contributed by atoms with Crippen molar-refractivity contribution in [3.05, 3.63) is 11.3 Å². The molecule has 2 N–H and O–H groups in total. The summed E-state index contributed by atoms with van der Waals surface area (Å²) in [5.41, 5.74) is -0.0292. The van der Waals surface area contributed by atoms with Gasteiger partial charge in [-0.05, 0) is 13.3 Å². The van der Waals surface area contributed by atoms with E-state index in [1.807, 2.05) is 0 Å². The van der Waals surface area contributed by atoms with Gasteiger partial charge in [0.25, 0.3) is 5.91 Å². The number of hydrogen-bond acceptors (Lipinski definition) is 3. The molecule has 0 bridgehead atoms. The highest BCUT2D eigenvalue weighted by molar-refractivity contribution is 6.21. The summed E-state index contributed by atoms with van der Waals surface area (Å²) in [5, 5.41) is 12.2. The van der Waals surface area contributed by atoms with E-state index in [-0.39, 0.29) is 17.1 Å². The molecule has 0 aromatic heterocycles. The Balaban J connectivity index is 2.23. The van der Waals surface area contributed by atoms with Gasteiger partial charge >= 0.3 is 0 Å². The van der Waals surface area contributed by atoms with Crippen LogP contribution in [0.5, 0.6) is 0 Å². The topological polar surface area (TPSA) is 66.4 Å². The summed E-state index contributed by atoms with van der Waals surface area (Å²) in [6.45, 7) is 3.85. The van der Waals surface area contributed by atoms with E-state index in [0.717, 1.165) is 19.3 Å². The van der Waals surface area contributed by atoms with Gasteiger partial charge in [0, 0.05) is 6.42 Å². The largest absolute Gasteiger partial charge is 0.509 e. The average molecular weight is 267 g/mol. The smallest absolute Gasteiger partial charge is 0.258 e. The molecule has 0 radical (unpaired) electrons. The Morgan fingerprint density at radius 2 is 1.74 bits per heavy atom. The lowest BCUT2D eigenvalue weighted by Gasteiger charge is -2.02. The Hall–Kier alpha value is -1.32. The van der Waals surface area contributed by atoms with Crippen molar-refractivity contribution in [1.82, 2.24) is 5.32 Å². The first-order valence-corrected chi connectivity index (χ1v) is 7.35. The van der Waals surface area contributed by atoms with Gasteiger partial charge in [-0.25, -0.2) is 0 Å². The molecule has 0 aromatic carbocycles. The average Bonchev–Trinajstić information content (AvgIpc) is 2.62. The van der Waals surface area contributed by atoms with Crippen LogP contribution in [0.15, 0.2) is 11.3 Å². The molecular formula is C15H25NO3. The first kappa shape index (κ1) is 15.7. The second kappa shape index (κ2) is 7.97. The number of aliphatic hydroxyl groups excluding tert-OH is 1. The van der Waals surface area contributed by atoms with Crippen LogP contribution in [0.3, 0.4) is 0 Å². The maximum absolute atomic E-state index is 11.9. The molecule has 0 fully saturated rings. The van der Waals surface area contributed by atoms with E-state index in [1.54, 1.807) is 6.92 Å². The number of aliphatic hydroxyl groups is 1. The van der Waals surface area contributed by atoms with Gasteiger partial charge in [0.2, 0.25) is 0 Å². The molecule has 0 aliphatic carbocycles. The lowest BCUT2D eigenvalue weighted by atomic mass is 10.0. The van der Waals surface area contributed by atoms with Gasteiger partial charge in [-0.2, -0.15) is 0 Å². The van der Waals surface area contributed by atoms with Crippen molar-refractivity contribution in [3.8, 4) is 0 Å². The van der Waals surface area contributed by atoms with Gasteiger partial charge < -0.3 is 10.4 Å². The van der Waals surface area contributed by atoms with E-state index < -0.39 is 11.9 Å². The van der Waals surface area contributed by atoms with E-state index in [9.17, 15) is 14.7 Å². The third-order valence-electron chi connectivity index (χ3n) is 3.53. The number of nitrogens with one attached hydrogen (secondary N) is 1. The van der Waals surface area contributed by atoms with Gasteiger partial charge in [0.05, 0.1) is 6.04 Å². The summed E-state index contributed by atoms with van der Waals surface area (Å²) in [6, 6.07) is -0.430. The molecule has 108 valence electrons. The monoisotopic (exact) mass is 267 g/mol. The lowest BCUT2D eigenvalue weighted by molar-refractivity contribution is -0.122. The van der Waals surface area contributed by atoms with Gasteiger partial charge in [-0.15, -0.1) is 0 Å². The van der Waals surface area contributed by atoms with Gasteiger partial charge in [0.1, 0.15) is 11.3 Å². The number of hydrogen-bond donors (Lipinski definition) is 2. The van der Waals surface area contributed by atoms with E-state index in [2.05, 4.69) is 12.2 Å². The van der Waals surface area contributed by atoms with Gasteiger partial charge in [-0.1, -0.05) is 45.4 Å². The predicted molar refractivity (Wildman–Crippen MR) is 74.9 cm³/mol. The van der Waals surface area contributed by atoms with E-state index in [4.69, 9.17) is 0 Å². The van der Waals surface area contributed by atoms with Crippen LogP contribution < -0.4 is 5.32 Å². The van der Waals surface area contributed by atoms with E-state index in [1.165, 1.54) is 25.7 Å². The molecular weight excluding hydrogens is 242 g/mol.